The van der Waals surface area contributed by atoms with Gasteiger partial charge in [0.15, 0.2) is 0 Å². The van der Waals surface area contributed by atoms with Crippen LogP contribution in [0.4, 0.5) is 0 Å². The molecule has 0 fully saturated rings. The van der Waals surface area contributed by atoms with E-state index in [1.807, 2.05) is 24.3 Å². The standard InChI is InChI=1S/C40H51NO7/c1-8-18-41-24-36-39(45-6)22-32(23-40(36)46-7)48-26-30-14-12-17-34(28(30)3)33-16-11-13-29(27(33)2)25-47-31-20-37(43-4)35(15-9-10-19-42)38(21-31)44-5/h11-14,16-17,20-23,41-42H,8-10,15,18-19,24-26H2,1-7H3. The van der Waals surface area contributed by atoms with Crippen molar-refractivity contribution >= 4 is 0 Å². The van der Waals surface area contributed by atoms with Crippen molar-refractivity contribution in [3.05, 3.63) is 94.0 Å². The minimum atomic E-state index is 0.166. The van der Waals surface area contributed by atoms with E-state index in [-0.39, 0.29) is 6.61 Å². The molecule has 8 nitrogen and oxygen atoms in total. The Morgan fingerprint density at radius 3 is 1.50 bits per heavy atom. The number of methoxy groups -OCH3 is 4. The van der Waals surface area contributed by atoms with Gasteiger partial charge in [-0.15, -0.1) is 0 Å². The summed E-state index contributed by atoms with van der Waals surface area (Å²) in [6.45, 7) is 8.96. The highest BCUT2D eigenvalue weighted by molar-refractivity contribution is 5.72. The van der Waals surface area contributed by atoms with Crippen molar-refractivity contribution in [2.45, 2.75) is 66.2 Å². The molecule has 8 heteroatoms. The molecule has 0 heterocycles. The molecule has 0 aromatic heterocycles. The first kappa shape index (κ1) is 36.4. The molecule has 0 spiro atoms. The van der Waals surface area contributed by atoms with E-state index >= 15 is 0 Å². The fraction of sp³-hybridized carbons (Fsp3) is 0.400. The number of aliphatic hydroxyl groups is 1. The number of hydrogen-bond donors (Lipinski definition) is 2. The van der Waals surface area contributed by atoms with Crippen LogP contribution >= 0.6 is 0 Å². The average molecular weight is 658 g/mol. The third-order valence-electron chi connectivity index (χ3n) is 8.70. The lowest BCUT2D eigenvalue weighted by molar-refractivity contribution is 0.283. The van der Waals surface area contributed by atoms with Gasteiger partial charge in [-0.05, 0) is 79.5 Å². The van der Waals surface area contributed by atoms with Crippen LogP contribution in [0.2, 0.25) is 0 Å². The Labute approximate surface area is 285 Å². The number of benzene rings is 4. The molecule has 4 rings (SSSR count). The molecule has 0 radical (unpaired) electrons. The Kier molecular flexibility index (Phi) is 13.8. The summed E-state index contributed by atoms with van der Waals surface area (Å²) in [5.41, 5.74) is 8.75. The van der Waals surface area contributed by atoms with Gasteiger partial charge in [0.05, 0.1) is 34.0 Å². The molecule has 0 aliphatic heterocycles. The van der Waals surface area contributed by atoms with Gasteiger partial charge < -0.3 is 38.8 Å². The smallest absolute Gasteiger partial charge is 0.130 e. The van der Waals surface area contributed by atoms with E-state index in [0.717, 1.165) is 99.7 Å². The van der Waals surface area contributed by atoms with Crippen molar-refractivity contribution in [3.8, 4) is 45.6 Å². The molecule has 258 valence electrons. The zero-order chi connectivity index (χ0) is 34.5. The lowest BCUT2D eigenvalue weighted by Gasteiger charge is -2.19. The summed E-state index contributed by atoms with van der Waals surface area (Å²) < 4.78 is 35.4. The Hall–Kier alpha value is -4.40. The average Bonchev–Trinajstić information content (AvgIpc) is 3.11. The lowest BCUT2D eigenvalue weighted by Crippen LogP contribution is -2.15. The molecule has 0 saturated heterocycles. The number of ether oxygens (including phenoxy) is 6. The van der Waals surface area contributed by atoms with Crippen LogP contribution in [0.3, 0.4) is 0 Å². The summed E-state index contributed by atoms with van der Waals surface area (Å²) >= 11 is 0. The highest BCUT2D eigenvalue weighted by atomic mass is 16.5. The van der Waals surface area contributed by atoms with Crippen molar-refractivity contribution in [1.29, 1.82) is 0 Å². The van der Waals surface area contributed by atoms with Gasteiger partial charge in [-0.1, -0.05) is 43.3 Å². The second-order valence-corrected chi connectivity index (χ2v) is 11.7. The molecule has 0 aliphatic carbocycles. The maximum absolute atomic E-state index is 9.20. The molecule has 0 bridgehead atoms. The van der Waals surface area contributed by atoms with Crippen LogP contribution in [0.1, 0.15) is 59.6 Å². The van der Waals surface area contributed by atoms with E-state index in [1.165, 1.54) is 0 Å². The third-order valence-corrected chi connectivity index (χ3v) is 8.70. The van der Waals surface area contributed by atoms with E-state index in [9.17, 15) is 5.11 Å². The van der Waals surface area contributed by atoms with E-state index in [2.05, 4.69) is 62.5 Å². The largest absolute Gasteiger partial charge is 0.496 e. The Balaban J connectivity index is 1.52. The normalized spacial score (nSPS) is 10.9. The third kappa shape index (κ3) is 8.94. The second kappa shape index (κ2) is 18.2. The summed E-state index contributed by atoms with van der Waals surface area (Å²) in [5, 5.41) is 12.6. The van der Waals surface area contributed by atoms with E-state index < -0.39 is 0 Å². The quantitative estimate of drug-likeness (QED) is 0.0982. The highest BCUT2D eigenvalue weighted by Gasteiger charge is 2.17. The summed E-state index contributed by atoms with van der Waals surface area (Å²) in [4.78, 5) is 0. The SMILES string of the molecule is CCCNCc1c(OC)cc(OCc2cccc(-c3cccc(COc4cc(OC)c(CCCCO)c(OC)c4)c3C)c2C)cc1OC. The molecule has 48 heavy (non-hydrogen) atoms. The van der Waals surface area contributed by atoms with Crippen molar-refractivity contribution < 1.29 is 33.5 Å². The van der Waals surface area contributed by atoms with Crippen LogP contribution in [0.5, 0.6) is 34.5 Å². The van der Waals surface area contributed by atoms with Gasteiger partial charge in [0, 0.05) is 43.0 Å². The zero-order valence-corrected chi connectivity index (χ0v) is 29.5. The first-order chi connectivity index (χ1) is 23.4. The van der Waals surface area contributed by atoms with Gasteiger partial charge in [-0.25, -0.2) is 0 Å². The van der Waals surface area contributed by atoms with Gasteiger partial charge in [0.1, 0.15) is 47.7 Å². The van der Waals surface area contributed by atoms with Crippen LogP contribution in [0, 0.1) is 13.8 Å². The topological polar surface area (TPSA) is 87.6 Å². The van der Waals surface area contributed by atoms with Crippen molar-refractivity contribution in [3.63, 3.8) is 0 Å². The summed E-state index contributed by atoms with van der Waals surface area (Å²) in [6.07, 6.45) is 3.37. The molecule has 0 amide bonds. The summed E-state index contributed by atoms with van der Waals surface area (Å²) in [7, 11) is 6.64. The number of aliphatic hydroxyl groups excluding tert-OH is 1. The molecule has 4 aromatic carbocycles. The van der Waals surface area contributed by atoms with Crippen LogP contribution < -0.4 is 33.7 Å². The van der Waals surface area contributed by atoms with Gasteiger partial charge in [-0.2, -0.15) is 0 Å². The summed E-state index contributed by atoms with van der Waals surface area (Å²) in [5.74, 6) is 4.28. The van der Waals surface area contributed by atoms with E-state index in [0.29, 0.717) is 31.3 Å². The Bertz CT molecular complexity index is 1460. The molecule has 4 aromatic rings. The summed E-state index contributed by atoms with van der Waals surface area (Å²) in [6, 6.07) is 20.3. The molecular formula is C40H51NO7. The number of nitrogens with one attached hydrogen (secondary N) is 1. The molecular weight excluding hydrogens is 606 g/mol. The van der Waals surface area contributed by atoms with Crippen LogP contribution in [0.15, 0.2) is 60.7 Å². The van der Waals surface area contributed by atoms with Crippen LogP contribution in [-0.4, -0.2) is 46.7 Å². The molecule has 0 atom stereocenters. The van der Waals surface area contributed by atoms with Gasteiger partial charge in [0.25, 0.3) is 0 Å². The van der Waals surface area contributed by atoms with Crippen LogP contribution in [0.25, 0.3) is 11.1 Å². The monoisotopic (exact) mass is 657 g/mol. The highest BCUT2D eigenvalue weighted by Crippen LogP contribution is 2.37. The van der Waals surface area contributed by atoms with E-state index in [1.54, 1.807) is 28.4 Å². The maximum Gasteiger partial charge on any atom is 0.130 e. The molecule has 0 aliphatic rings. The number of rotatable bonds is 19. The minimum absolute atomic E-state index is 0.166. The minimum Gasteiger partial charge on any atom is -0.496 e. The fourth-order valence-corrected chi connectivity index (χ4v) is 5.90. The van der Waals surface area contributed by atoms with Gasteiger partial charge >= 0.3 is 0 Å². The predicted octanol–water partition coefficient (Wildman–Crippen LogP) is 7.98. The Morgan fingerprint density at radius 1 is 0.625 bits per heavy atom. The van der Waals surface area contributed by atoms with Gasteiger partial charge in [0.2, 0.25) is 0 Å². The van der Waals surface area contributed by atoms with Crippen LogP contribution in [-0.2, 0) is 26.2 Å². The number of hydrogen-bond acceptors (Lipinski definition) is 8. The first-order valence-corrected chi connectivity index (χ1v) is 16.6. The van der Waals surface area contributed by atoms with Crippen molar-refractivity contribution in [2.75, 3.05) is 41.6 Å². The zero-order valence-electron chi connectivity index (χ0n) is 29.5. The molecule has 0 saturated carbocycles. The van der Waals surface area contributed by atoms with Crippen molar-refractivity contribution in [2.24, 2.45) is 0 Å². The van der Waals surface area contributed by atoms with E-state index in [4.69, 9.17) is 28.4 Å². The van der Waals surface area contributed by atoms with Gasteiger partial charge in [-0.3, -0.25) is 0 Å². The Morgan fingerprint density at radius 2 is 1.08 bits per heavy atom. The van der Waals surface area contributed by atoms with Crippen molar-refractivity contribution in [1.82, 2.24) is 5.32 Å². The second-order valence-electron chi connectivity index (χ2n) is 11.7. The lowest BCUT2D eigenvalue weighted by atomic mass is 9.92. The molecule has 2 N–H and O–H groups in total. The predicted molar refractivity (Wildman–Crippen MR) is 191 cm³/mol. The molecule has 0 unspecified atom stereocenters. The number of unbranched alkanes of at least 4 members (excludes halogenated alkanes) is 1. The fourth-order valence-electron chi connectivity index (χ4n) is 5.90. The first-order valence-electron chi connectivity index (χ1n) is 16.6. The maximum atomic E-state index is 9.20.